The Morgan fingerprint density at radius 1 is 1.69 bits per heavy atom. The van der Waals surface area contributed by atoms with Gasteiger partial charge < -0.3 is 9.72 Å². The van der Waals surface area contributed by atoms with Crippen LogP contribution < -0.4 is 0 Å². The van der Waals surface area contributed by atoms with Crippen molar-refractivity contribution in [3.05, 3.63) is 18.0 Å². The van der Waals surface area contributed by atoms with Crippen LogP contribution >= 0.6 is 0 Å². The number of ether oxygens (including phenoxy) is 1. The molecule has 1 atom stereocenters. The summed E-state index contributed by atoms with van der Waals surface area (Å²) in [5.41, 5.74) is 0.213. The number of aromatic amines is 1. The number of rotatable bonds is 3. The molecule has 0 bridgehead atoms. The summed E-state index contributed by atoms with van der Waals surface area (Å²) in [4.78, 5) is 13.8. The molecule has 71 valence electrons. The summed E-state index contributed by atoms with van der Waals surface area (Å²) in [5.74, 6) is -0.687. The van der Waals surface area contributed by atoms with Crippen LogP contribution in [-0.2, 0) is 9.84 Å². The molecule has 0 aliphatic rings. The third-order valence-electron chi connectivity index (χ3n) is 1.76. The van der Waals surface area contributed by atoms with E-state index in [1.165, 1.54) is 12.3 Å². The first-order valence-electron chi connectivity index (χ1n) is 4.20. The monoisotopic (exact) mass is 182 g/mol. The smallest absolute Gasteiger partial charge is 0.355 e. The Bertz CT molecular complexity index is 293. The van der Waals surface area contributed by atoms with E-state index in [-0.39, 0.29) is 17.5 Å². The quantitative estimate of drug-likeness (QED) is 0.727. The molecule has 0 spiro atoms. The highest BCUT2D eigenvalue weighted by Crippen LogP contribution is 2.12. The zero-order valence-corrected chi connectivity index (χ0v) is 7.66. The minimum absolute atomic E-state index is 0.120. The van der Waals surface area contributed by atoms with Crippen molar-refractivity contribution in [2.45, 2.75) is 26.4 Å². The first-order valence-corrected chi connectivity index (χ1v) is 4.20. The van der Waals surface area contributed by atoms with E-state index in [4.69, 9.17) is 4.74 Å². The van der Waals surface area contributed by atoms with Crippen LogP contribution in [0.5, 0.6) is 5.75 Å². The van der Waals surface area contributed by atoms with Crippen LogP contribution in [0.3, 0.4) is 0 Å². The maximum absolute atomic E-state index is 11.2. The lowest BCUT2D eigenvalue weighted by atomic mass is 10.3. The average Bonchev–Trinajstić information content (AvgIpc) is 2.51. The Labute approximate surface area is 76.5 Å². The molecule has 1 N–H and O–H groups in total. The molecule has 1 heterocycles. The Balaban J connectivity index is 2.58. The normalized spacial score (nSPS) is 12.5. The molecule has 0 amide bonds. The highest BCUT2D eigenvalue weighted by Gasteiger charge is 2.12. The minimum Gasteiger partial charge on any atom is -0.458 e. The molecule has 0 aromatic carbocycles. The van der Waals surface area contributed by atoms with Crippen LogP contribution in [-0.4, -0.2) is 17.1 Å². The van der Waals surface area contributed by atoms with Gasteiger partial charge in [-0.3, -0.25) is 5.11 Å². The van der Waals surface area contributed by atoms with Crippen LogP contribution in [0.1, 0.15) is 30.8 Å². The second-order valence-corrected chi connectivity index (χ2v) is 2.87. The van der Waals surface area contributed by atoms with Gasteiger partial charge in [0.15, 0.2) is 5.75 Å². The molecular formula is C9H12NO3. The van der Waals surface area contributed by atoms with E-state index >= 15 is 0 Å². The number of nitrogens with one attached hydrogen (secondary N) is 1. The third-order valence-corrected chi connectivity index (χ3v) is 1.76. The number of carbonyl (C=O) groups excluding carboxylic acids is 1. The van der Waals surface area contributed by atoms with E-state index < -0.39 is 5.97 Å². The largest absolute Gasteiger partial charge is 0.458 e. The van der Waals surface area contributed by atoms with Crippen molar-refractivity contribution in [1.29, 1.82) is 0 Å². The molecule has 1 radical (unpaired) electrons. The van der Waals surface area contributed by atoms with E-state index in [0.717, 1.165) is 6.42 Å². The number of hydrogen-bond acceptors (Lipinski definition) is 2. The maximum atomic E-state index is 11.2. The van der Waals surface area contributed by atoms with E-state index in [0.29, 0.717) is 0 Å². The topological polar surface area (TPSA) is 62.0 Å². The van der Waals surface area contributed by atoms with Gasteiger partial charge in [-0.05, 0) is 13.3 Å². The minimum atomic E-state index is -0.476. The van der Waals surface area contributed by atoms with Crippen molar-refractivity contribution >= 4 is 5.97 Å². The molecule has 4 heteroatoms. The second-order valence-electron chi connectivity index (χ2n) is 2.87. The molecular weight excluding hydrogens is 170 g/mol. The van der Waals surface area contributed by atoms with Crippen LogP contribution in [0.2, 0.25) is 0 Å². The van der Waals surface area contributed by atoms with Gasteiger partial charge in [-0.2, -0.15) is 0 Å². The van der Waals surface area contributed by atoms with Crippen molar-refractivity contribution in [3.8, 4) is 5.75 Å². The number of hydrogen-bond donors (Lipinski definition) is 1. The highest BCUT2D eigenvalue weighted by molar-refractivity contribution is 5.88. The Morgan fingerprint density at radius 2 is 2.38 bits per heavy atom. The molecule has 4 nitrogen and oxygen atoms in total. The van der Waals surface area contributed by atoms with Gasteiger partial charge >= 0.3 is 5.97 Å². The molecule has 1 aromatic heterocycles. The standard InChI is InChI=1S/C9H12NO3/c1-3-6(2)13-9(12)8-4-7(11)5-10-8/h4-6,10H,3H2,1-2H3. The van der Waals surface area contributed by atoms with Gasteiger partial charge in [-0.15, -0.1) is 0 Å². The van der Waals surface area contributed by atoms with Gasteiger partial charge in [0.25, 0.3) is 0 Å². The summed E-state index contributed by atoms with van der Waals surface area (Å²) in [6.07, 6.45) is 1.87. The van der Waals surface area contributed by atoms with Crippen LogP contribution in [0.4, 0.5) is 0 Å². The molecule has 0 saturated heterocycles. The summed E-state index contributed by atoms with van der Waals surface area (Å²) >= 11 is 0. The lowest BCUT2D eigenvalue weighted by molar-refractivity contribution is 0.0328. The molecule has 1 aromatic rings. The summed E-state index contributed by atoms with van der Waals surface area (Å²) in [5, 5.41) is 10.7. The van der Waals surface area contributed by atoms with Crippen molar-refractivity contribution in [2.24, 2.45) is 0 Å². The van der Waals surface area contributed by atoms with Gasteiger partial charge in [0.05, 0.1) is 6.10 Å². The first kappa shape index (κ1) is 9.64. The van der Waals surface area contributed by atoms with Crippen molar-refractivity contribution in [1.82, 2.24) is 4.98 Å². The number of carbonyl (C=O) groups is 1. The fraction of sp³-hybridized carbons (Fsp3) is 0.444. The van der Waals surface area contributed by atoms with Crippen molar-refractivity contribution in [2.75, 3.05) is 0 Å². The Morgan fingerprint density at radius 3 is 2.85 bits per heavy atom. The van der Waals surface area contributed by atoms with Crippen LogP contribution in [0.15, 0.2) is 12.3 Å². The fourth-order valence-corrected chi connectivity index (χ4v) is 0.822. The predicted octanol–water partition coefficient (Wildman–Crippen LogP) is 2.11. The lowest BCUT2D eigenvalue weighted by Crippen LogP contribution is -2.14. The molecule has 1 rings (SSSR count). The molecule has 1 unspecified atom stereocenters. The van der Waals surface area contributed by atoms with Crippen molar-refractivity contribution in [3.63, 3.8) is 0 Å². The SMILES string of the molecule is CCC(C)OC(=O)c1cc([O])c[nH]1. The summed E-state index contributed by atoms with van der Waals surface area (Å²) in [7, 11) is 0. The summed E-state index contributed by atoms with van der Waals surface area (Å²) in [6.45, 7) is 3.73. The second kappa shape index (κ2) is 3.98. The number of aromatic nitrogens is 1. The Kier molecular flexibility index (Phi) is 2.95. The Hall–Kier alpha value is -1.45. The van der Waals surface area contributed by atoms with E-state index in [2.05, 4.69) is 4.98 Å². The summed E-state index contributed by atoms with van der Waals surface area (Å²) in [6, 6.07) is 1.23. The number of esters is 1. The molecule has 0 fully saturated rings. The zero-order chi connectivity index (χ0) is 9.84. The van der Waals surface area contributed by atoms with Gasteiger partial charge in [0.2, 0.25) is 0 Å². The zero-order valence-electron chi connectivity index (χ0n) is 7.66. The lowest BCUT2D eigenvalue weighted by Gasteiger charge is -2.08. The van der Waals surface area contributed by atoms with Crippen LogP contribution in [0, 0.1) is 0 Å². The van der Waals surface area contributed by atoms with Gasteiger partial charge in [0.1, 0.15) is 5.69 Å². The first-order chi connectivity index (χ1) is 6.13. The van der Waals surface area contributed by atoms with Crippen molar-refractivity contribution < 1.29 is 14.6 Å². The van der Waals surface area contributed by atoms with E-state index in [9.17, 15) is 9.90 Å². The van der Waals surface area contributed by atoms with E-state index in [1.807, 2.05) is 6.92 Å². The molecule has 0 saturated carbocycles. The maximum Gasteiger partial charge on any atom is 0.355 e. The van der Waals surface area contributed by atoms with Gasteiger partial charge in [-0.25, -0.2) is 4.79 Å². The molecule has 0 aliphatic carbocycles. The van der Waals surface area contributed by atoms with E-state index in [1.54, 1.807) is 6.92 Å². The van der Waals surface area contributed by atoms with Gasteiger partial charge in [-0.1, -0.05) is 6.92 Å². The number of H-pyrrole nitrogens is 1. The summed E-state index contributed by atoms with van der Waals surface area (Å²) < 4.78 is 4.99. The highest BCUT2D eigenvalue weighted by atomic mass is 16.5. The van der Waals surface area contributed by atoms with Crippen LogP contribution in [0.25, 0.3) is 0 Å². The average molecular weight is 182 g/mol. The molecule has 0 aliphatic heterocycles. The predicted molar refractivity (Wildman–Crippen MR) is 46.1 cm³/mol. The third kappa shape index (κ3) is 2.50. The molecule has 13 heavy (non-hydrogen) atoms. The van der Waals surface area contributed by atoms with Gasteiger partial charge in [0, 0.05) is 12.3 Å². The fourth-order valence-electron chi connectivity index (χ4n) is 0.822.